The second kappa shape index (κ2) is 7.45. The Kier molecular flexibility index (Phi) is 5.87. The lowest BCUT2D eigenvalue weighted by atomic mass is 10.2. The highest BCUT2D eigenvalue weighted by Crippen LogP contribution is 2.11. The normalized spacial score (nSPS) is 10.1. The van der Waals surface area contributed by atoms with Gasteiger partial charge in [0.15, 0.2) is 5.11 Å². The summed E-state index contributed by atoms with van der Waals surface area (Å²) >= 11 is 5.01. The predicted octanol–water partition coefficient (Wildman–Crippen LogP) is 1.74. The summed E-state index contributed by atoms with van der Waals surface area (Å²) in [6, 6.07) is 8.07. The van der Waals surface area contributed by atoms with Crippen molar-refractivity contribution in [3.05, 3.63) is 42.5 Å². The van der Waals surface area contributed by atoms with E-state index in [-0.39, 0.29) is 0 Å². The van der Waals surface area contributed by atoms with Crippen LogP contribution >= 0.6 is 12.2 Å². The Morgan fingerprint density at radius 1 is 1.50 bits per heavy atom. The fourth-order valence-electron chi connectivity index (χ4n) is 1.25. The molecule has 0 heterocycles. The van der Waals surface area contributed by atoms with Gasteiger partial charge in [-0.25, -0.2) is 0 Å². The van der Waals surface area contributed by atoms with Gasteiger partial charge in [0, 0.05) is 26.3 Å². The van der Waals surface area contributed by atoms with Crippen LogP contribution in [0.2, 0.25) is 0 Å². The van der Waals surface area contributed by atoms with Crippen molar-refractivity contribution in [2.24, 2.45) is 5.10 Å². The van der Waals surface area contributed by atoms with E-state index in [0.717, 1.165) is 11.3 Å². The Hall–Kier alpha value is -1.88. The van der Waals surface area contributed by atoms with E-state index in [1.807, 2.05) is 43.3 Å². The maximum absolute atomic E-state index is 5.01. The van der Waals surface area contributed by atoms with Crippen molar-refractivity contribution in [3.63, 3.8) is 0 Å². The van der Waals surface area contributed by atoms with E-state index in [9.17, 15) is 0 Å². The van der Waals surface area contributed by atoms with E-state index < -0.39 is 0 Å². The van der Waals surface area contributed by atoms with Gasteiger partial charge in [-0.05, 0) is 29.9 Å². The third-order valence-electron chi connectivity index (χ3n) is 2.17. The lowest BCUT2D eigenvalue weighted by molar-refractivity contribution is 0.941. The third-order valence-corrected chi connectivity index (χ3v) is 2.41. The topological polar surface area (TPSA) is 39.7 Å². The van der Waals surface area contributed by atoms with Gasteiger partial charge >= 0.3 is 0 Å². The van der Waals surface area contributed by atoms with E-state index in [0.29, 0.717) is 11.7 Å². The van der Waals surface area contributed by atoms with Crippen molar-refractivity contribution in [3.8, 4) is 0 Å². The quantitative estimate of drug-likeness (QED) is 0.367. The molecule has 0 aliphatic carbocycles. The first-order valence-electron chi connectivity index (χ1n) is 5.58. The Bertz CT molecular complexity index is 440. The molecule has 0 amide bonds. The molecular formula is C13H18N4S. The van der Waals surface area contributed by atoms with Crippen LogP contribution in [-0.2, 0) is 0 Å². The van der Waals surface area contributed by atoms with Crippen LogP contribution < -0.4 is 15.6 Å². The smallest absolute Gasteiger partial charge is 0.187 e. The van der Waals surface area contributed by atoms with Crippen LogP contribution in [0.25, 0.3) is 0 Å². The number of hydrogen-bond acceptors (Lipinski definition) is 3. The number of rotatable bonds is 5. The Balaban J connectivity index is 2.53. The minimum absolute atomic E-state index is 0.481. The number of anilines is 1. The van der Waals surface area contributed by atoms with Crippen LogP contribution in [0.4, 0.5) is 5.69 Å². The van der Waals surface area contributed by atoms with Gasteiger partial charge in [0.1, 0.15) is 0 Å². The van der Waals surface area contributed by atoms with E-state index in [2.05, 4.69) is 22.4 Å². The lowest BCUT2D eigenvalue weighted by Crippen LogP contribution is -2.31. The molecule has 2 N–H and O–H groups in total. The van der Waals surface area contributed by atoms with Gasteiger partial charge in [-0.1, -0.05) is 18.2 Å². The monoisotopic (exact) mass is 262 g/mol. The first kappa shape index (κ1) is 14.2. The maximum atomic E-state index is 5.01. The van der Waals surface area contributed by atoms with Gasteiger partial charge in [-0.15, -0.1) is 6.58 Å². The summed E-state index contributed by atoms with van der Waals surface area (Å²) in [5.74, 6) is 0. The SMILES string of the molecule is C=CCNC(=S)N/N=C/c1cccc(N(C)C)c1. The highest BCUT2D eigenvalue weighted by molar-refractivity contribution is 7.80. The summed E-state index contributed by atoms with van der Waals surface area (Å²) in [4.78, 5) is 2.04. The number of thiocarbonyl (C=S) groups is 1. The van der Waals surface area contributed by atoms with Crippen LogP contribution in [0.5, 0.6) is 0 Å². The number of benzene rings is 1. The van der Waals surface area contributed by atoms with Gasteiger partial charge in [-0.2, -0.15) is 5.10 Å². The molecule has 0 unspecified atom stereocenters. The molecule has 1 aromatic rings. The zero-order chi connectivity index (χ0) is 13.4. The number of hydrogen-bond donors (Lipinski definition) is 2. The number of nitrogens with one attached hydrogen (secondary N) is 2. The Morgan fingerprint density at radius 2 is 2.28 bits per heavy atom. The minimum Gasteiger partial charge on any atom is -0.378 e. The van der Waals surface area contributed by atoms with Crippen LogP contribution in [-0.4, -0.2) is 32.0 Å². The average Bonchev–Trinajstić information content (AvgIpc) is 2.36. The van der Waals surface area contributed by atoms with Gasteiger partial charge in [-0.3, -0.25) is 5.43 Å². The van der Waals surface area contributed by atoms with Crippen LogP contribution in [0, 0.1) is 0 Å². The van der Waals surface area contributed by atoms with E-state index in [1.165, 1.54) is 0 Å². The molecule has 0 spiro atoms. The molecule has 4 nitrogen and oxygen atoms in total. The predicted molar refractivity (Wildman–Crippen MR) is 82.3 cm³/mol. The van der Waals surface area contributed by atoms with E-state index in [4.69, 9.17) is 12.2 Å². The van der Waals surface area contributed by atoms with Crippen molar-refractivity contribution >= 4 is 29.2 Å². The maximum Gasteiger partial charge on any atom is 0.187 e. The molecule has 18 heavy (non-hydrogen) atoms. The summed E-state index contributed by atoms with van der Waals surface area (Å²) in [5.41, 5.74) is 4.89. The van der Waals surface area contributed by atoms with Crippen molar-refractivity contribution in [2.75, 3.05) is 25.5 Å². The molecule has 0 atom stereocenters. The molecule has 0 radical (unpaired) electrons. The molecule has 5 heteroatoms. The van der Waals surface area contributed by atoms with Crippen molar-refractivity contribution in [2.45, 2.75) is 0 Å². The molecule has 0 aromatic heterocycles. The fourth-order valence-corrected chi connectivity index (χ4v) is 1.39. The molecule has 0 saturated carbocycles. The first-order valence-corrected chi connectivity index (χ1v) is 5.99. The lowest BCUT2D eigenvalue weighted by Gasteiger charge is -2.12. The highest BCUT2D eigenvalue weighted by atomic mass is 32.1. The largest absolute Gasteiger partial charge is 0.378 e. The minimum atomic E-state index is 0.481. The van der Waals surface area contributed by atoms with Gasteiger partial charge in [0.05, 0.1) is 6.21 Å². The summed E-state index contributed by atoms with van der Waals surface area (Å²) in [5, 5.41) is 7.47. The van der Waals surface area contributed by atoms with Crippen molar-refractivity contribution in [1.29, 1.82) is 0 Å². The number of nitrogens with zero attached hydrogens (tertiary/aromatic N) is 2. The second-order valence-electron chi connectivity index (χ2n) is 3.86. The second-order valence-corrected chi connectivity index (χ2v) is 4.27. The molecule has 1 rings (SSSR count). The molecule has 1 aromatic carbocycles. The average molecular weight is 262 g/mol. The molecule has 0 bridgehead atoms. The zero-order valence-electron chi connectivity index (χ0n) is 10.7. The summed E-state index contributed by atoms with van der Waals surface area (Å²) in [7, 11) is 4.01. The summed E-state index contributed by atoms with van der Waals surface area (Å²) < 4.78 is 0. The van der Waals surface area contributed by atoms with Crippen molar-refractivity contribution in [1.82, 2.24) is 10.7 Å². The summed E-state index contributed by atoms with van der Waals surface area (Å²) in [6.45, 7) is 4.22. The van der Waals surface area contributed by atoms with E-state index >= 15 is 0 Å². The van der Waals surface area contributed by atoms with Gasteiger partial charge in [0.25, 0.3) is 0 Å². The number of hydrazone groups is 1. The standard InChI is InChI=1S/C13H18N4S/c1-4-8-14-13(18)16-15-10-11-6-5-7-12(9-11)17(2)3/h4-7,9-10H,1,8H2,2-3H3,(H2,14,16,18)/b15-10+. The van der Waals surface area contributed by atoms with E-state index in [1.54, 1.807) is 12.3 Å². The molecule has 96 valence electrons. The molecular weight excluding hydrogens is 244 g/mol. The van der Waals surface area contributed by atoms with Crippen LogP contribution in [0.3, 0.4) is 0 Å². The fraction of sp³-hybridized carbons (Fsp3) is 0.231. The van der Waals surface area contributed by atoms with Gasteiger partial charge < -0.3 is 10.2 Å². The van der Waals surface area contributed by atoms with Gasteiger partial charge in [0.2, 0.25) is 0 Å². The Morgan fingerprint density at radius 3 is 2.94 bits per heavy atom. The molecule has 0 aliphatic heterocycles. The molecule has 0 fully saturated rings. The Labute approximate surface area is 113 Å². The van der Waals surface area contributed by atoms with Crippen LogP contribution in [0.1, 0.15) is 5.56 Å². The van der Waals surface area contributed by atoms with Crippen LogP contribution in [0.15, 0.2) is 42.0 Å². The highest BCUT2D eigenvalue weighted by Gasteiger charge is 1.95. The summed E-state index contributed by atoms with van der Waals surface area (Å²) in [6.07, 6.45) is 3.47. The molecule has 0 saturated heterocycles. The zero-order valence-corrected chi connectivity index (χ0v) is 11.5. The first-order chi connectivity index (χ1) is 8.63. The van der Waals surface area contributed by atoms with Crippen molar-refractivity contribution < 1.29 is 0 Å². The molecule has 0 aliphatic rings. The third kappa shape index (κ3) is 4.97.